The molecule has 76 valence electrons. The molecule has 0 aromatic heterocycles. The van der Waals surface area contributed by atoms with Crippen LogP contribution in [0.5, 0.6) is 0 Å². The highest BCUT2D eigenvalue weighted by molar-refractivity contribution is 7.73. The first-order valence-electron chi connectivity index (χ1n) is 4.12. The maximum atomic E-state index is 9.80. The molecule has 0 aliphatic heterocycles. The van der Waals surface area contributed by atoms with Gasteiger partial charge in [-0.3, -0.25) is 0 Å². The average Bonchev–Trinajstić information content (AvgIpc) is 2.91. The molecular formula is C9H17NO2S. The lowest BCUT2D eigenvalue weighted by Crippen LogP contribution is -1.79. The number of thiol groups is 1. The van der Waals surface area contributed by atoms with Gasteiger partial charge in [0.1, 0.15) is 10.7 Å². The number of nitriles is 1. The second-order valence-electron chi connectivity index (χ2n) is 2.63. The van der Waals surface area contributed by atoms with Gasteiger partial charge < -0.3 is 0 Å². The van der Waals surface area contributed by atoms with E-state index >= 15 is 0 Å². The molecule has 0 amide bonds. The van der Waals surface area contributed by atoms with Crippen molar-refractivity contribution >= 4 is 10.7 Å². The van der Waals surface area contributed by atoms with Crippen LogP contribution in [-0.4, -0.2) is 13.7 Å². The minimum absolute atomic E-state index is 0.0556. The summed E-state index contributed by atoms with van der Waals surface area (Å²) in [5.74, 6) is 0.810. The van der Waals surface area contributed by atoms with Gasteiger partial charge in [-0.1, -0.05) is 13.8 Å². The van der Waals surface area contributed by atoms with Crippen LogP contribution in [0.25, 0.3) is 0 Å². The summed E-state index contributed by atoms with van der Waals surface area (Å²) in [4.78, 5) is 0. The van der Waals surface area contributed by atoms with Crippen LogP contribution in [0.15, 0.2) is 0 Å². The Morgan fingerprint density at radius 3 is 1.69 bits per heavy atom. The van der Waals surface area contributed by atoms with E-state index in [9.17, 15) is 8.42 Å². The van der Waals surface area contributed by atoms with E-state index in [4.69, 9.17) is 5.26 Å². The second kappa shape index (κ2) is 9.53. The van der Waals surface area contributed by atoms with Crippen molar-refractivity contribution in [2.75, 3.05) is 0 Å². The second-order valence-corrected chi connectivity index (χ2v) is 3.93. The fourth-order valence-electron chi connectivity index (χ4n) is 0.285. The Morgan fingerprint density at radius 2 is 1.69 bits per heavy atom. The molecule has 0 bridgehead atoms. The summed E-state index contributed by atoms with van der Waals surface area (Å²) in [6.45, 7) is 8.56. The van der Waals surface area contributed by atoms with Crippen molar-refractivity contribution in [3.8, 4) is 6.07 Å². The smallest absolute Gasteiger partial charge is 0.143 e. The van der Waals surface area contributed by atoms with E-state index in [-0.39, 0.29) is 5.25 Å². The minimum atomic E-state index is -2.05. The van der Waals surface area contributed by atoms with Gasteiger partial charge in [0.25, 0.3) is 0 Å². The van der Waals surface area contributed by atoms with Gasteiger partial charge in [-0.25, -0.2) is 8.42 Å². The monoisotopic (exact) mass is 203 g/mol. The van der Waals surface area contributed by atoms with Crippen LogP contribution < -0.4 is 0 Å². The van der Waals surface area contributed by atoms with Gasteiger partial charge in [0, 0.05) is 0 Å². The number of hydrogen-bond acceptors (Lipinski definition) is 3. The highest BCUT2D eigenvalue weighted by Crippen LogP contribution is 2.21. The first-order valence-corrected chi connectivity index (χ1v) is 5.37. The summed E-state index contributed by atoms with van der Waals surface area (Å²) in [6.07, 6.45) is 1.80. The lowest BCUT2D eigenvalue weighted by molar-refractivity contribution is 0.613. The van der Waals surface area contributed by atoms with Crippen LogP contribution in [0.3, 0.4) is 0 Å². The summed E-state index contributed by atoms with van der Waals surface area (Å²) in [6, 6.07) is 1.94. The largest absolute Gasteiger partial charge is 0.232 e. The lowest BCUT2D eigenvalue weighted by Gasteiger charge is -1.74. The summed E-state index contributed by atoms with van der Waals surface area (Å²) >= 11 is 0. The van der Waals surface area contributed by atoms with E-state index in [0.717, 1.165) is 18.8 Å². The molecule has 0 spiro atoms. The Balaban J connectivity index is 0. The molecule has 4 heteroatoms. The highest BCUT2D eigenvalue weighted by Gasteiger charge is 2.23. The van der Waals surface area contributed by atoms with Crippen LogP contribution in [-0.2, 0) is 10.7 Å². The Labute approximate surface area is 82.7 Å². The van der Waals surface area contributed by atoms with E-state index in [1.54, 1.807) is 20.8 Å². The molecule has 0 aromatic carbocycles. The van der Waals surface area contributed by atoms with E-state index in [2.05, 4.69) is 6.92 Å². The number of hydrogen-bond donors (Lipinski definition) is 1. The zero-order chi connectivity index (χ0) is 10.9. The predicted molar refractivity (Wildman–Crippen MR) is 54.6 cm³/mol. The first kappa shape index (κ1) is 14.9. The van der Waals surface area contributed by atoms with E-state index in [0.29, 0.717) is 0 Å². The van der Waals surface area contributed by atoms with Crippen molar-refractivity contribution in [2.45, 2.75) is 38.9 Å². The van der Waals surface area contributed by atoms with Gasteiger partial charge in [-0.2, -0.15) is 5.26 Å². The maximum absolute atomic E-state index is 9.80. The molecule has 0 atom stereocenters. The molecule has 1 aliphatic rings. The first-order chi connectivity index (χ1) is 6.07. The zero-order valence-electron chi connectivity index (χ0n) is 8.41. The third-order valence-electron chi connectivity index (χ3n) is 1.07. The Kier molecular flexibility index (Phi) is 10.9. The van der Waals surface area contributed by atoms with E-state index in [1.165, 1.54) is 0 Å². The molecule has 2 radical (unpaired) electrons. The molecule has 0 aromatic rings. The molecule has 1 saturated carbocycles. The van der Waals surface area contributed by atoms with Crippen molar-refractivity contribution in [2.24, 2.45) is 0 Å². The van der Waals surface area contributed by atoms with Crippen LogP contribution in [0.4, 0.5) is 0 Å². The fraction of sp³-hybridized carbons (Fsp3) is 0.667. The van der Waals surface area contributed by atoms with Gasteiger partial charge >= 0.3 is 0 Å². The molecule has 0 heterocycles. The predicted octanol–water partition coefficient (Wildman–Crippen LogP) is 1.72. The molecule has 1 aliphatic carbocycles. The van der Waals surface area contributed by atoms with Gasteiger partial charge in [0.05, 0.1) is 17.2 Å². The van der Waals surface area contributed by atoms with Gasteiger partial charge in [0.15, 0.2) is 0 Å². The van der Waals surface area contributed by atoms with Crippen LogP contribution in [0.1, 0.15) is 33.6 Å². The standard InChI is InChI=1S/C4H6N.C3H6O2S.C2H5/c1-4(2)3-5;4-6(5)3-1-2-3;1-2/h1-2H3;3,6H,1-2H2;1H2,2H3. The fourth-order valence-corrected chi connectivity index (χ4v) is 0.856. The van der Waals surface area contributed by atoms with Crippen molar-refractivity contribution in [1.82, 2.24) is 0 Å². The van der Waals surface area contributed by atoms with E-state index in [1.807, 2.05) is 6.07 Å². The van der Waals surface area contributed by atoms with Crippen LogP contribution in [0, 0.1) is 24.2 Å². The highest BCUT2D eigenvalue weighted by atomic mass is 32.2. The van der Waals surface area contributed by atoms with Gasteiger partial charge in [-0.05, 0) is 26.7 Å². The molecule has 1 rings (SSSR count). The lowest BCUT2D eigenvalue weighted by atomic mass is 10.3. The minimum Gasteiger partial charge on any atom is -0.232 e. The molecule has 0 unspecified atom stereocenters. The SMILES string of the molecule is C[C](C)C#N.O=[SH](=O)C1CC1.[CH2]C. The number of nitrogens with zero attached hydrogens (tertiary/aromatic N) is 1. The van der Waals surface area contributed by atoms with Crippen molar-refractivity contribution < 1.29 is 8.42 Å². The molecule has 0 saturated heterocycles. The third kappa shape index (κ3) is 14.3. The van der Waals surface area contributed by atoms with Gasteiger partial charge in [0.2, 0.25) is 0 Å². The van der Waals surface area contributed by atoms with Crippen LogP contribution in [0.2, 0.25) is 0 Å². The maximum Gasteiger partial charge on any atom is 0.143 e. The normalized spacial score (nSPS) is 13.6. The number of rotatable bonds is 1. The summed E-state index contributed by atoms with van der Waals surface area (Å²) in [5, 5.41) is 7.91. The molecule has 1 fully saturated rings. The topological polar surface area (TPSA) is 57.9 Å². The molecular weight excluding hydrogens is 186 g/mol. The van der Waals surface area contributed by atoms with Crippen molar-refractivity contribution in [3.05, 3.63) is 12.8 Å². The Morgan fingerprint density at radius 1 is 1.38 bits per heavy atom. The molecule has 3 nitrogen and oxygen atoms in total. The van der Waals surface area contributed by atoms with Crippen molar-refractivity contribution in [1.29, 1.82) is 5.26 Å². The van der Waals surface area contributed by atoms with E-state index < -0.39 is 10.7 Å². The average molecular weight is 203 g/mol. The Bertz CT molecular complexity index is 204. The third-order valence-corrected chi connectivity index (χ3v) is 2.18. The zero-order valence-corrected chi connectivity index (χ0v) is 9.30. The quantitative estimate of drug-likeness (QED) is 0.660. The molecule has 0 N–H and O–H groups in total. The summed E-state index contributed by atoms with van der Waals surface area (Å²) in [5.41, 5.74) is 0. The van der Waals surface area contributed by atoms with Crippen molar-refractivity contribution in [3.63, 3.8) is 0 Å². The molecule has 13 heavy (non-hydrogen) atoms. The van der Waals surface area contributed by atoms with Crippen LogP contribution >= 0.6 is 0 Å². The summed E-state index contributed by atoms with van der Waals surface area (Å²) < 4.78 is 19.6. The Hall–Kier alpha value is -0.560. The van der Waals surface area contributed by atoms with Gasteiger partial charge in [-0.15, -0.1) is 0 Å². The summed E-state index contributed by atoms with van der Waals surface area (Å²) in [7, 11) is -2.05.